The van der Waals surface area contributed by atoms with Crippen LogP contribution in [0.2, 0.25) is 0 Å². The molecule has 0 spiro atoms. The Hall–Kier alpha value is -0.940. The topological polar surface area (TPSA) is 55.8 Å². The molecule has 0 aromatic carbocycles. The second kappa shape index (κ2) is 2.49. The number of carboxylic acid groups (broad SMARTS) is 1. The number of hydrogen-bond acceptors (Lipinski definition) is 3. The largest absolute Gasteiger partial charge is 0.479 e. The molecule has 4 bridgehead atoms. The van der Waals surface area contributed by atoms with Gasteiger partial charge < -0.3 is 14.6 Å². The van der Waals surface area contributed by atoms with Crippen LogP contribution in [0.1, 0.15) is 6.42 Å². The van der Waals surface area contributed by atoms with E-state index in [1.165, 1.54) is 0 Å². The molecule has 4 aliphatic heterocycles. The molecule has 4 nitrogen and oxygen atoms in total. The van der Waals surface area contributed by atoms with E-state index in [0.717, 1.165) is 0 Å². The summed E-state index contributed by atoms with van der Waals surface area (Å²) in [4.78, 5) is 11.0. The van der Waals surface area contributed by atoms with E-state index in [1.807, 2.05) is 12.2 Å². The van der Waals surface area contributed by atoms with E-state index in [2.05, 4.69) is 0 Å². The fourth-order valence-electron chi connectivity index (χ4n) is 3.79. The van der Waals surface area contributed by atoms with Gasteiger partial charge in [-0.05, 0) is 0 Å². The Morgan fingerprint density at radius 2 is 2.00 bits per heavy atom. The molecule has 0 aliphatic carbocycles. The van der Waals surface area contributed by atoms with E-state index < -0.39 is 17.7 Å². The second-order valence-corrected chi connectivity index (χ2v) is 5.07. The van der Waals surface area contributed by atoms with Crippen molar-refractivity contribution in [3.05, 3.63) is 12.2 Å². The number of hydrogen-bond donors (Lipinski definition) is 1. The van der Waals surface area contributed by atoms with Crippen molar-refractivity contribution in [3.63, 3.8) is 0 Å². The van der Waals surface area contributed by atoms with Gasteiger partial charge in [0.15, 0.2) is 0 Å². The van der Waals surface area contributed by atoms with Gasteiger partial charge >= 0.3 is 5.97 Å². The highest BCUT2D eigenvalue weighted by Gasteiger charge is 2.71. The quantitative estimate of drug-likeness (QED) is 0.662. The highest BCUT2D eigenvalue weighted by Crippen LogP contribution is 2.58. The Morgan fingerprint density at radius 3 is 2.69 bits per heavy atom. The zero-order valence-corrected chi connectivity index (χ0v) is 8.38. The number of alkyl halides is 1. The van der Waals surface area contributed by atoms with Crippen molar-refractivity contribution in [2.45, 2.75) is 36.5 Å². The van der Waals surface area contributed by atoms with Gasteiger partial charge in [0.05, 0.1) is 18.3 Å². The van der Waals surface area contributed by atoms with E-state index in [1.54, 1.807) is 0 Å². The SMILES string of the molecule is O=C(O)C1(F)CC2OC1C1C3C=CC(O3)C21. The van der Waals surface area contributed by atoms with Crippen LogP contribution in [0.25, 0.3) is 0 Å². The van der Waals surface area contributed by atoms with Crippen LogP contribution in [0, 0.1) is 11.8 Å². The van der Waals surface area contributed by atoms with Crippen molar-refractivity contribution in [2.24, 2.45) is 11.8 Å². The molecule has 4 rings (SSSR count). The van der Waals surface area contributed by atoms with E-state index in [-0.39, 0.29) is 36.6 Å². The van der Waals surface area contributed by atoms with Crippen LogP contribution in [-0.4, -0.2) is 41.2 Å². The molecule has 0 radical (unpaired) electrons. The van der Waals surface area contributed by atoms with Gasteiger partial charge in [0.1, 0.15) is 6.10 Å². The molecule has 0 aromatic rings. The summed E-state index contributed by atoms with van der Waals surface area (Å²) < 4.78 is 25.5. The van der Waals surface area contributed by atoms with Crippen LogP contribution >= 0.6 is 0 Å². The van der Waals surface area contributed by atoms with Crippen LogP contribution < -0.4 is 0 Å². The monoisotopic (exact) mass is 226 g/mol. The molecule has 3 fully saturated rings. The van der Waals surface area contributed by atoms with Gasteiger partial charge in [0.2, 0.25) is 5.67 Å². The van der Waals surface area contributed by atoms with Crippen LogP contribution in [0.5, 0.6) is 0 Å². The standard InChI is InChI=1S/C11H11FO4/c12-11(10(13)14)3-6-7-4-1-2-5(15-4)8(7)9(11)16-6/h1-2,4-9H,3H2,(H,13,14). The first-order valence-corrected chi connectivity index (χ1v) is 5.53. The lowest BCUT2D eigenvalue weighted by molar-refractivity contribution is -0.156. The fourth-order valence-corrected chi connectivity index (χ4v) is 3.79. The summed E-state index contributed by atoms with van der Waals surface area (Å²) >= 11 is 0. The molecule has 4 heterocycles. The minimum atomic E-state index is -2.21. The zero-order valence-electron chi connectivity index (χ0n) is 8.38. The van der Waals surface area contributed by atoms with E-state index in [9.17, 15) is 9.18 Å². The molecule has 0 saturated carbocycles. The Labute approximate surface area is 91.0 Å². The highest BCUT2D eigenvalue weighted by atomic mass is 19.1. The fraction of sp³-hybridized carbons (Fsp3) is 0.727. The molecule has 0 amide bonds. The molecule has 3 saturated heterocycles. The zero-order chi connectivity index (χ0) is 11.1. The van der Waals surface area contributed by atoms with Crippen molar-refractivity contribution in [1.29, 1.82) is 0 Å². The number of aliphatic carboxylic acids is 1. The highest BCUT2D eigenvalue weighted by molar-refractivity contribution is 5.79. The van der Waals surface area contributed by atoms with Crippen molar-refractivity contribution in [2.75, 3.05) is 0 Å². The van der Waals surface area contributed by atoms with Crippen molar-refractivity contribution in [3.8, 4) is 0 Å². The summed E-state index contributed by atoms with van der Waals surface area (Å²) in [5.41, 5.74) is -2.21. The van der Waals surface area contributed by atoms with Gasteiger partial charge in [-0.15, -0.1) is 0 Å². The number of carbonyl (C=O) groups is 1. The molecule has 1 N–H and O–H groups in total. The molecule has 86 valence electrons. The van der Waals surface area contributed by atoms with Crippen molar-refractivity contribution in [1.82, 2.24) is 0 Å². The van der Waals surface area contributed by atoms with Crippen LogP contribution in [0.15, 0.2) is 12.2 Å². The third-order valence-corrected chi connectivity index (χ3v) is 4.41. The predicted octanol–water partition coefficient (Wildman–Crippen LogP) is 0.520. The van der Waals surface area contributed by atoms with Gasteiger partial charge in [-0.3, -0.25) is 0 Å². The Morgan fingerprint density at radius 1 is 1.31 bits per heavy atom. The Kier molecular flexibility index (Phi) is 1.42. The summed E-state index contributed by atoms with van der Waals surface area (Å²) in [6, 6.07) is 0. The molecular formula is C11H11FO4. The van der Waals surface area contributed by atoms with E-state index >= 15 is 0 Å². The number of rotatable bonds is 1. The summed E-state index contributed by atoms with van der Waals surface area (Å²) in [7, 11) is 0. The first-order valence-electron chi connectivity index (χ1n) is 5.53. The Balaban J connectivity index is 1.76. The molecule has 16 heavy (non-hydrogen) atoms. The average Bonchev–Trinajstić information content (AvgIpc) is 2.92. The van der Waals surface area contributed by atoms with Gasteiger partial charge in [-0.2, -0.15) is 0 Å². The van der Waals surface area contributed by atoms with Crippen LogP contribution in [0.3, 0.4) is 0 Å². The average molecular weight is 226 g/mol. The van der Waals surface area contributed by atoms with E-state index in [0.29, 0.717) is 0 Å². The number of fused-ring (bicyclic) bond motifs is 9. The summed E-state index contributed by atoms with van der Waals surface area (Å²) in [6.45, 7) is 0. The third-order valence-electron chi connectivity index (χ3n) is 4.41. The maximum absolute atomic E-state index is 14.3. The summed E-state index contributed by atoms with van der Waals surface area (Å²) in [5, 5.41) is 8.97. The maximum Gasteiger partial charge on any atom is 0.344 e. The lowest BCUT2D eigenvalue weighted by Crippen LogP contribution is -2.51. The van der Waals surface area contributed by atoms with E-state index in [4.69, 9.17) is 14.6 Å². The maximum atomic E-state index is 14.3. The van der Waals surface area contributed by atoms with Gasteiger partial charge in [-0.1, -0.05) is 12.2 Å². The van der Waals surface area contributed by atoms with Crippen LogP contribution in [-0.2, 0) is 14.3 Å². The minimum Gasteiger partial charge on any atom is -0.479 e. The normalized spacial score (nSPS) is 60.6. The lowest BCUT2D eigenvalue weighted by atomic mass is 9.68. The molecule has 4 aliphatic rings. The Bertz CT molecular complexity index is 409. The van der Waals surface area contributed by atoms with Crippen molar-refractivity contribution < 1.29 is 23.8 Å². The molecule has 7 atom stereocenters. The second-order valence-electron chi connectivity index (χ2n) is 5.07. The predicted molar refractivity (Wildman–Crippen MR) is 49.5 cm³/mol. The number of ether oxygens (including phenoxy) is 2. The molecule has 0 aromatic heterocycles. The van der Waals surface area contributed by atoms with Gasteiger partial charge in [0.25, 0.3) is 0 Å². The summed E-state index contributed by atoms with van der Waals surface area (Å²) in [6.07, 6.45) is 2.57. The molecular weight excluding hydrogens is 215 g/mol. The smallest absolute Gasteiger partial charge is 0.344 e. The summed E-state index contributed by atoms with van der Waals surface area (Å²) in [5.74, 6) is -1.36. The third kappa shape index (κ3) is 0.789. The first kappa shape index (κ1) is 9.13. The first-order chi connectivity index (χ1) is 7.61. The lowest BCUT2D eigenvalue weighted by Gasteiger charge is -2.32. The number of carboxylic acids is 1. The minimum absolute atomic E-state index is 0.00310. The van der Waals surface area contributed by atoms with Crippen LogP contribution in [0.4, 0.5) is 4.39 Å². The van der Waals surface area contributed by atoms with Gasteiger partial charge in [-0.25, -0.2) is 9.18 Å². The number of halogens is 1. The van der Waals surface area contributed by atoms with Gasteiger partial charge in [0, 0.05) is 18.3 Å². The molecule has 7 unspecified atom stereocenters. The molecule has 5 heteroatoms. The van der Waals surface area contributed by atoms with Crippen molar-refractivity contribution >= 4 is 5.97 Å².